The van der Waals surface area contributed by atoms with Crippen LogP contribution >= 0.6 is 0 Å². The Morgan fingerprint density at radius 1 is 0.857 bits per heavy atom. The van der Waals surface area contributed by atoms with E-state index in [1.807, 2.05) is 13.8 Å². The van der Waals surface area contributed by atoms with Gasteiger partial charge in [0.05, 0.1) is 18.6 Å². The minimum Gasteiger partial charge on any atom is -0.466 e. The lowest BCUT2D eigenvalue weighted by Crippen LogP contribution is -2.33. The molecule has 0 aromatic heterocycles. The molecule has 0 rings (SSSR count). The highest BCUT2D eigenvalue weighted by atomic mass is 16.5. The van der Waals surface area contributed by atoms with Gasteiger partial charge >= 0.3 is 11.9 Å². The molecule has 4 nitrogen and oxygen atoms in total. The lowest BCUT2D eigenvalue weighted by atomic mass is 9.78. The fraction of sp³-hybridized carbons (Fsp3) is 0.882. The van der Waals surface area contributed by atoms with Crippen molar-refractivity contribution >= 4 is 11.9 Å². The van der Waals surface area contributed by atoms with E-state index in [1.165, 1.54) is 0 Å². The molecule has 0 unspecified atom stereocenters. The van der Waals surface area contributed by atoms with Gasteiger partial charge in [0.1, 0.15) is 0 Å². The van der Waals surface area contributed by atoms with Gasteiger partial charge in [-0.3, -0.25) is 9.59 Å². The highest BCUT2D eigenvalue weighted by Gasteiger charge is 2.36. The van der Waals surface area contributed by atoms with Crippen LogP contribution in [0.4, 0.5) is 0 Å². The highest BCUT2D eigenvalue weighted by molar-refractivity contribution is 5.78. The Labute approximate surface area is 129 Å². The number of rotatable bonds is 12. The van der Waals surface area contributed by atoms with Crippen molar-refractivity contribution < 1.29 is 19.1 Å². The summed E-state index contributed by atoms with van der Waals surface area (Å²) >= 11 is 0. The Balaban J connectivity index is 4.37. The van der Waals surface area contributed by atoms with Crippen molar-refractivity contribution in [3.05, 3.63) is 0 Å². The lowest BCUT2D eigenvalue weighted by Gasteiger charge is -2.28. The van der Waals surface area contributed by atoms with Gasteiger partial charge in [-0.25, -0.2) is 0 Å². The molecule has 0 saturated heterocycles. The van der Waals surface area contributed by atoms with Crippen molar-refractivity contribution in [1.29, 1.82) is 0 Å². The minimum absolute atomic E-state index is 0.165. The topological polar surface area (TPSA) is 52.6 Å². The third-order valence-electron chi connectivity index (χ3n) is 4.09. The van der Waals surface area contributed by atoms with Gasteiger partial charge in [0, 0.05) is 6.42 Å². The maximum absolute atomic E-state index is 12.3. The van der Waals surface area contributed by atoms with E-state index in [9.17, 15) is 9.59 Å². The Bertz CT molecular complexity index is 295. The lowest BCUT2D eigenvalue weighted by molar-refractivity contribution is -0.158. The van der Waals surface area contributed by atoms with Crippen LogP contribution in [-0.2, 0) is 19.1 Å². The molecule has 0 aliphatic rings. The summed E-state index contributed by atoms with van der Waals surface area (Å²) < 4.78 is 10.5. The van der Waals surface area contributed by atoms with Gasteiger partial charge in [0.15, 0.2) is 0 Å². The standard InChI is InChI=1S/C17H32O4/c1-5-9-13-20-15(18)11-12-17(7-3,8-4)16(19)21-14-10-6-2/h5-14H2,1-4H3. The average molecular weight is 300 g/mol. The Hall–Kier alpha value is -1.06. The van der Waals surface area contributed by atoms with Gasteiger partial charge in [-0.05, 0) is 32.1 Å². The van der Waals surface area contributed by atoms with Crippen LogP contribution in [0.15, 0.2) is 0 Å². The maximum Gasteiger partial charge on any atom is 0.312 e. The molecule has 0 aromatic rings. The molecule has 0 heterocycles. The van der Waals surface area contributed by atoms with Gasteiger partial charge in [-0.2, -0.15) is 0 Å². The van der Waals surface area contributed by atoms with Gasteiger partial charge in [0.25, 0.3) is 0 Å². The summed E-state index contributed by atoms with van der Waals surface area (Å²) in [7, 11) is 0. The van der Waals surface area contributed by atoms with Crippen LogP contribution in [0, 0.1) is 5.41 Å². The van der Waals surface area contributed by atoms with Crippen LogP contribution in [0.25, 0.3) is 0 Å². The largest absolute Gasteiger partial charge is 0.466 e. The Kier molecular flexibility index (Phi) is 11.0. The molecule has 0 aromatic carbocycles. The summed E-state index contributed by atoms with van der Waals surface area (Å²) in [6, 6.07) is 0. The van der Waals surface area contributed by atoms with Crippen molar-refractivity contribution in [3.63, 3.8) is 0 Å². The fourth-order valence-corrected chi connectivity index (χ4v) is 2.20. The van der Waals surface area contributed by atoms with E-state index in [4.69, 9.17) is 9.47 Å². The summed E-state index contributed by atoms with van der Waals surface area (Å²) in [6.07, 6.45) is 5.95. The number of hydrogen-bond donors (Lipinski definition) is 0. The van der Waals surface area contributed by atoms with E-state index >= 15 is 0 Å². The second-order valence-corrected chi connectivity index (χ2v) is 5.55. The first-order valence-corrected chi connectivity index (χ1v) is 8.39. The third kappa shape index (κ3) is 7.49. The maximum atomic E-state index is 12.3. The number of ether oxygens (including phenoxy) is 2. The SMILES string of the molecule is CCCCOC(=O)CCC(CC)(CC)C(=O)OCCCC. The summed E-state index contributed by atoms with van der Waals surface area (Å²) in [6.45, 7) is 9.02. The zero-order valence-electron chi connectivity index (χ0n) is 14.2. The van der Waals surface area contributed by atoms with Crippen molar-refractivity contribution in [2.75, 3.05) is 13.2 Å². The Morgan fingerprint density at radius 2 is 1.38 bits per heavy atom. The minimum atomic E-state index is -0.544. The zero-order chi connectivity index (χ0) is 16.1. The zero-order valence-corrected chi connectivity index (χ0v) is 14.2. The molecule has 0 radical (unpaired) electrons. The van der Waals surface area contributed by atoms with Crippen molar-refractivity contribution in [2.45, 2.75) is 79.1 Å². The average Bonchev–Trinajstić information content (AvgIpc) is 2.49. The number of hydrogen-bond acceptors (Lipinski definition) is 4. The van der Waals surface area contributed by atoms with E-state index in [1.54, 1.807) is 0 Å². The molecule has 0 N–H and O–H groups in total. The first-order valence-electron chi connectivity index (χ1n) is 8.39. The fourth-order valence-electron chi connectivity index (χ4n) is 2.20. The predicted molar refractivity (Wildman–Crippen MR) is 84.0 cm³/mol. The molecule has 0 aliphatic heterocycles. The normalized spacial score (nSPS) is 11.2. The number of carbonyl (C=O) groups is 2. The van der Waals surface area contributed by atoms with E-state index < -0.39 is 5.41 Å². The highest BCUT2D eigenvalue weighted by Crippen LogP contribution is 2.34. The monoisotopic (exact) mass is 300 g/mol. The molecule has 0 amide bonds. The van der Waals surface area contributed by atoms with E-state index in [2.05, 4.69) is 13.8 Å². The first kappa shape index (κ1) is 19.9. The molecular weight excluding hydrogens is 268 g/mol. The van der Waals surface area contributed by atoms with E-state index in [0.29, 0.717) is 32.5 Å². The molecule has 0 atom stereocenters. The molecule has 124 valence electrons. The van der Waals surface area contributed by atoms with E-state index in [0.717, 1.165) is 25.7 Å². The molecule has 0 aliphatic carbocycles. The van der Waals surface area contributed by atoms with Gasteiger partial charge in [-0.15, -0.1) is 0 Å². The van der Waals surface area contributed by atoms with Crippen molar-refractivity contribution in [1.82, 2.24) is 0 Å². The summed E-state index contributed by atoms with van der Waals surface area (Å²) in [5.41, 5.74) is -0.544. The van der Waals surface area contributed by atoms with Crippen LogP contribution in [0.5, 0.6) is 0 Å². The van der Waals surface area contributed by atoms with Crippen molar-refractivity contribution in [3.8, 4) is 0 Å². The van der Waals surface area contributed by atoms with Gasteiger partial charge < -0.3 is 9.47 Å². The molecule has 21 heavy (non-hydrogen) atoms. The van der Waals surface area contributed by atoms with Crippen molar-refractivity contribution in [2.24, 2.45) is 5.41 Å². The molecule has 0 bridgehead atoms. The predicted octanol–water partition coefficient (Wildman–Crippen LogP) is 4.26. The number of esters is 2. The molecule has 0 spiro atoms. The first-order chi connectivity index (χ1) is 10.1. The molecule has 0 fully saturated rings. The number of unbranched alkanes of at least 4 members (excludes halogenated alkanes) is 2. The van der Waals surface area contributed by atoms with Crippen LogP contribution in [0.3, 0.4) is 0 Å². The van der Waals surface area contributed by atoms with Crippen LogP contribution in [0.2, 0.25) is 0 Å². The molecular formula is C17H32O4. The third-order valence-corrected chi connectivity index (χ3v) is 4.09. The summed E-state index contributed by atoms with van der Waals surface area (Å²) in [5, 5.41) is 0. The number of carbonyl (C=O) groups excluding carboxylic acids is 2. The van der Waals surface area contributed by atoms with Crippen LogP contribution in [-0.4, -0.2) is 25.2 Å². The quantitative estimate of drug-likeness (QED) is 0.399. The second-order valence-electron chi connectivity index (χ2n) is 5.55. The summed E-state index contributed by atoms with van der Waals surface area (Å²) in [5.74, 6) is -0.376. The van der Waals surface area contributed by atoms with E-state index in [-0.39, 0.29) is 18.4 Å². The second kappa shape index (κ2) is 11.6. The van der Waals surface area contributed by atoms with Gasteiger partial charge in [0.2, 0.25) is 0 Å². The Morgan fingerprint density at radius 3 is 1.86 bits per heavy atom. The molecule has 0 saturated carbocycles. The van der Waals surface area contributed by atoms with Gasteiger partial charge in [-0.1, -0.05) is 40.5 Å². The molecule has 4 heteroatoms. The van der Waals surface area contributed by atoms with Crippen LogP contribution in [0.1, 0.15) is 79.1 Å². The van der Waals surface area contributed by atoms with Crippen LogP contribution < -0.4 is 0 Å². The summed E-state index contributed by atoms with van der Waals surface area (Å²) in [4.78, 5) is 24.0. The smallest absolute Gasteiger partial charge is 0.312 e.